The molecule has 9 nitrogen and oxygen atoms in total. The van der Waals surface area contributed by atoms with Crippen molar-refractivity contribution in [3.8, 4) is 22.9 Å². The fraction of sp³-hybridized carbons (Fsp3) is 0.387. The van der Waals surface area contributed by atoms with Crippen LogP contribution in [-0.4, -0.2) is 53.2 Å². The number of hydrogen-bond acceptors (Lipinski definition) is 7. The topological polar surface area (TPSA) is 102 Å². The summed E-state index contributed by atoms with van der Waals surface area (Å²) < 4.78 is 36.8. The van der Waals surface area contributed by atoms with Gasteiger partial charge < -0.3 is 9.64 Å². The smallest absolute Gasteiger partial charge is 0.267 e. The molecular formula is C31H38N6O3S. The molecule has 0 amide bonds. The Morgan fingerprint density at radius 3 is 2.27 bits per heavy atom. The third kappa shape index (κ3) is 6.44. The van der Waals surface area contributed by atoms with Crippen molar-refractivity contribution in [3.05, 3.63) is 77.6 Å². The molecule has 1 aliphatic rings. The van der Waals surface area contributed by atoms with E-state index in [2.05, 4.69) is 59.7 Å². The molecule has 0 bridgehead atoms. The minimum atomic E-state index is -3.98. The Balaban J connectivity index is 1.58. The fourth-order valence-electron chi connectivity index (χ4n) is 5.25. The van der Waals surface area contributed by atoms with Gasteiger partial charge in [-0.3, -0.25) is 4.68 Å². The van der Waals surface area contributed by atoms with E-state index >= 15 is 0 Å². The van der Waals surface area contributed by atoms with Crippen LogP contribution in [0.25, 0.3) is 11.3 Å². The molecule has 41 heavy (non-hydrogen) atoms. The Kier molecular flexibility index (Phi) is 7.89. The second-order valence-corrected chi connectivity index (χ2v) is 13.5. The number of benzene rings is 2. The quantitative estimate of drug-likeness (QED) is 0.294. The predicted octanol–water partition coefficient (Wildman–Crippen LogP) is 5.89. The Bertz CT molecular complexity index is 1630. The van der Waals surface area contributed by atoms with Crippen LogP contribution in [0.4, 0.5) is 5.95 Å². The van der Waals surface area contributed by atoms with Crippen LogP contribution in [0.5, 0.6) is 11.6 Å². The predicted molar refractivity (Wildman–Crippen MR) is 161 cm³/mol. The van der Waals surface area contributed by atoms with Gasteiger partial charge in [-0.05, 0) is 74.5 Å². The monoisotopic (exact) mass is 574 g/mol. The number of rotatable bonds is 7. The molecule has 1 N–H and O–H groups in total. The van der Waals surface area contributed by atoms with Crippen LogP contribution in [0.1, 0.15) is 56.2 Å². The van der Waals surface area contributed by atoms with Gasteiger partial charge >= 0.3 is 0 Å². The molecule has 2 aromatic heterocycles. The van der Waals surface area contributed by atoms with Gasteiger partial charge in [0.1, 0.15) is 10.6 Å². The lowest BCUT2D eigenvalue weighted by atomic mass is 9.84. The van der Waals surface area contributed by atoms with Gasteiger partial charge in [0.25, 0.3) is 10.0 Å². The van der Waals surface area contributed by atoms with Crippen molar-refractivity contribution < 1.29 is 13.2 Å². The summed E-state index contributed by atoms with van der Waals surface area (Å²) in [6.45, 7) is 10.4. The molecule has 1 fully saturated rings. The van der Waals surface area contributed by atoms with Crippen LogP contribution in [0.3, 0.4) is 0 Å². The lowest BCUT2D eigenvalue weighted by Gasteiger charge is -2.29. The highest BCUT2D eigenvalue weighted by molar-refractivity contribution is 7.92. The number of likely N-dealkylation sites (tertiary alicyclic amines) is 1. The highest BCUT2D eigenvalue weighted by Crippen LogP contribution is 2.41. The molecular weight excluding hydrogens is 536 g/mol. The third-order valence-corrected chi connectivity index (χ3v) is 8.81. The van der Waals surface area contributed by atoms with E-state index in [9.17, 15) is 8.42 Å². The van der Waals surface area contributed by atoms with Gasteiger partial charge in [-0.25, -0.2) is 18.1 Å². The number of hydrogen-bond donors (Lipinski definition) is 1. The maximum Gasteiger partial charge on any atom is 0.267 e. The van der Waals surface area contributed by atoms with E-state index in [1.54, 1.807) is 7.05 Å². The Morgan fingerprint density at radius 1 is 0.976 bits per heavy atom. The molecule has 2 aromatic carbocycles. The first-order chi connectivity index (χ1) is 19.4. The van der Waals surface area contributed by atoms with E-state index < -0.39 is 15.4 Å². The number of piperidine rings is 1. The molecule has 5 rings (SSSR count). The highest BCUT2D eigenvalue weighted by Gasteiger charge is 2.30. The minimum absolute atomic E-state index is 0.0212. The van der Waals surface area contributed by atoms with Crippen LogP contribution in [0, 0.1) is 6.92 Å². The maximum atomic E-state index is 13.2. The molecule has 1 aliphatic heterocycles. The van der Waals surface area contributed by atoms with Crippen LogP contribution >= 0.6 is 0 Å². The number of sulfonamides is 1. The van der Waals surface area contributed by atoms with Crippen molar-refractivity contribution in [1.29, 1.82) is 0 Å². The number of nitrogens with zero attached hydrogens (tertiary/aromatic N) is 5. The average Bonchev–Trinajstić information content (AvgIpc) is 3.36. The Labute approximate surface area is 242 Å². The van der Waals surface area contributed by atoms with E-state index in [4.69, 9.17) is 9.72 Å². The van der Waals surface area contributed by atoms with Gasteiger partial charge in [0.2, 0.25) is 11.8 Å². The normalized spacial score (nSPS) is 15.2. The zero-order chi connectivity index (χ0) is 29.4. The highest BCUT2D eigenvalue weighted by atomic mass is 32.2. The van der Waals surface area contributed by atoms with Crippen molar-refractivity contribution in [2.24, 2.45) is 7.05 Å². The van der Waals surface area contributed by atoms with Crippen molar-refractivity contribution in [3.63, 3.8) is 0 Å². The number of nitrogens with one attached hydrogen (secondary N) is 1. The second kappa shape index (κ2) is 11.3. The SMILES string of the molecule is Cc1ccccc1-c1nc(NS(=O)(=O)c2cnn(C)c2)nc(Oc2ccc(C3CCN(C)CC3)cc2)c1C(C)(C)C. The van der Waals surface area contributed by atoms with Gasteiger partial charge in [-0.2, -0.15) is 10.1 Å². The molecule has 0 atom stereocenters. The van der Waals surface area contributed by atoms with Crippen LogP contribution in [0.15, 0.2) is 65.8 Å². The minimum Gasteiger partial charge on any atom is -0.439 e. The lowest BCUT2D eigenvalue weighted by molar-refractivity contribution is 0.255. The summed E-state index contributed by atoms with van der Waals surface area (Å²) in [5.41, 5.74) is 4.18. The first kappa shape index (κ1) is 28.8. The molecule has 216 valence electrons. The Morgan fingerprint density at radius 2 is 1.66 bits per heavy atom. The second-order valence-electron chi connectivity index (χ2n) is 11.8. The summed E-state index contributed by atoms with van der Waals surface area (Å²) in [7, 11) is -0.154. The molecule has 1 saturated heterocycles. The molecule has 4 aromatic rings. The van der Waals surface area contributed by atoms with Crippen molar-refractivity contribution in [2.75, 3.05) is 24.9 Å². The number of aryl methyl sites for hydroxylation is 2. The average molecular weight is 575 g/mol. The zero-order valence-electron chi connectivity index (χ0n) is 24.5. The third-order valence-electron chi connectivity index (χ3n) is 7.53. The van der Waals surface area contributed by atoms with Gasteiger partial charge in [0, 0.05) is 24.4 Å². The van der Waals surface area contributed by atoms with E-state index in [1.165, 1.54) is 22.6 Å². The first-order valence-electron chi connectivity index (χ1n) is 13.9. The Hall–Kier alpha value is -3.76. The zero-order valence-corrected chi connectivity index (χ0v) is 25.4. The summed E-state index contributed by atoms with van der Waals surface area (Å²) in [6, 6.07) is 16.1. The molecule has 0 unspecified atom stereocenters. The van der Waals surface area contributed by atoms with Gasteiger partial charge in [-0.1, -0.05) is 57.2 Å². The van der Waals surface area contributed by atoms with Gasteiger partial charge in [0.05, 0.1) is 11.9 Å². The van der Waals surface area contributed by atoms with Crippen LogP contribution in [0.2, 0.25) is 0 Å². The lowest BCUT2D eigenvalue weighted by Crippen LogP contribution is -2.29. The summed E-state index contributed by atoms with van der Waals surface area (Å²) >= 11 is 0. The summed E-state index contributed by atoms with van der Waals surface area (Å²) in [5, 5.41) is 4.00. The largest absolute Gasteiger partial charge is 0.439 e. The van der Waals surface area contributed by atoms with Crippen molar-refractivity contribution >= 4 is 16.0 Å². The number of anilines is 1. The van der Waals surface area contributed by atoms with Gasteiger partial charge in [-0.15, -0.1) is 0 Å². The van der Waals surface area contributed by atoms with Crippen LogP contribution < -0.4 is 9.46 Å². The van der Waals surface area contributed by atoms with E-state index in [0.717, 1.165) is 42.6 Å². The van der Waals surface area contributed by atoms with E-state index in [-0.39, 0.29) is 10.8 Å². The summed E-state index contributed by atoms with van der Waals surface area (Å²) in [5.74, 6) is 1.40. The number of ether oxygens (including phenoxy) is 1. The van der Waals surface area contributed by atoms with E-state index in [0.29, 0.717) is 23.2 Å². The fourth-order valence-corrected chi connectivity index (χ4v) is 6.17. The summed E-state index contributed by atoms with van der Waals surface area (Å²) in [6.07, 6.45) is 4.99. The molecule has 0 radical (unpaired) electrons. The van der Waals surface area contributed by atoms with Gasteiger partial charge in [0.15, 0.2) is 0 Å². The first-order valence-corrected chi connectivity index (χ1v) is 15.4. The van der Waals surface area contributed by atoms with Crippen molar-refractivity contribution in [2.45, 2.75) is 56.8 Å². The molecule has 0 saturated carbocycles. The van der Waals surface area contributed by atoms with Crippen molar-refractivity contribution in [1.82, 2.24) is 24.6 Å². The van der Waals surface area contributed by atoms with E-state index in [1.807, 2.05) is 43.3 Å². The number of aromatic nitrogens is 4. The molecule has 0 spiro atoms. The molecule has 10 heteroatoms. The van der Waals surface area contributed by atoms with Crippen LogP contribution in [-0.2, 0) is 22.5 Å². The molecule has 0 aliphatic carbocycles. The summed E-state index contributed by atoms with van der Waals surface area (Å²) in [4.78, 5) is 11.8. The maximum absolute atomic E-state index is 13.2. The standard InChI is InChI=1S/C31H38N6O3S/c1-21-9-7-8-10-26(21)28-27(31(2,3)4)29(34-30(33-28)35-41(38,39)25-19-32-37(6)20-25)40-24-13-11-22(12-14-24)23-15-17-36(5)18-16-23/h7-14,19-20,23H,15-18H2,1-6H3,(H,33,34,35). The molecule has 3 heterocycles.